The lowest BCUT2D eigenvalue weighted by molar-refractivity contribution is 0.102. The van der Waals surface area contributed by atoms with Gasteiger partial charge in [0.2, 0.25) is 5.78 Å². The Morgan fingerprint density at radius 2 is 1.84 bits per heavy atom. The average molecular weight is 327 g/mol. The van der Waals surface area contributed by atoms with Gasteiger partial charge in [-0.05, 0) is 40.2 Å². The molecule has 0 aromatic heterocycles. The van der Waals surface area contributed by atoms with Crippen molar-refractivity contribution in [1.82, 2.24) is 0 Å². The van der Waals surface area contributed by atoms with Crippen LogP contribution in [-0.4, -0.2) is 12.9 Å². The van der Waals surface area contributed by atoms with Crippen LogP contribution in [0.15, 0.2) is 40.9 Å². The molecule has 0 aliphatic rings. The summed E-state index contributed by atoms with van der Waals surface area (Å²) >= 11 is 2.93. The molecule has 98 valence electrons. The number of rotatable bonds is 3. The Kier molecular flexibility index (Phi) is 3.95. The van der Waals surface area contributed by atoms with Crippen LogP contribution in [-0.2, 0) is 0 Å². The number of carbonyl (C=O) groups excluding carboxylic acids is 1. The topological polar surface area (TPSA) is 26.3 Å². The molecule has 19 heavy (non-hydrogen) atoms. The summed E-state index contributed by atoms with van der Waals surface area (Å²) in [7, 11) is 1.39. The van der Waals surface area contributed by atoms with E-state index in [2.05, 4.69) is 15.9 Å². The SMILES string of the molecule is COc1ccccc1C(=O)c1c(F)ccc(Br)c1F. The highest BCUT2D eigenvalue weighted by Crippen LogP contribution is 2.27. The van der Waals surface area contributed by atoms with Gasteiger partial charge in [-0.25, -0.2) is 8.78 Å². The highest BCUT2D eigenvalue weighted by molar-refractivity contribution is 9.10. The van der Waals surface area contributed by atoms with Crippen molar-refractivity contribution in [1.29, 1.82) is 0 Å². The van der Waals surface area contributed by atoms with E-state index in [0.29, 0.717) is 0 Å². The van der Waals surface area contributed by atoms with Crippen molar-refractivity contribution in [2.24, 2.45) is 0 Å². The van der Waals surface area contributed by atoms with E-state index < -0.39 is 23.0 Å². The summed E-state index contributed by atoms with van der Waals surface area (Å²) in [6.45, 7) is 0. The standard InChI is InChI=1S/C14H9BrF2O2/c1-19-11-5-3-2-4-8(11)14(18)12-10(16)7-6-9(15)13(12)17/h2-7H,1H3. The molecular formula is C14H9BrF2O2. The fraction of sp³-hybridized carbons (Fsp3) is 0.0714. The van der Waals surface area contributed by atoms with Crippen LogP contribution in [0.5, 0.6) is 5.75 Å². The van der Waals surface area contributed by atoms with Gasteiger partial charge in [-0.2, -0.15) is 0 Å². The highest BCUT2D eigenvalue weighted by atomic mass is 79.9. The first-order chi connectivity index (χ1) is 9.06. The van der Waals surface area contributed by atoms with E-state index in [1.165, 1.54) is 19.2 Å². The van der Waals surface area contributed by atoms with Crippen LogP contribution in [0.4, 0.5) is 8.78 Å². The van der Waals surface area contributed by atoms with E-state index in [-0.39, 0.29) is 15.8 Å². The van der Waals surface area contributed by atoms with Crippen LogP contribution < -0.4 is 4.74 Å². The molecule has 0 saturated carbocycles. The first-order valence-electron chi connectivity index (χ1n) is 5.37. The van der Waals surface area contributed by atoms with Gasteiger partial charge in [0, 0.05) is 0 Å². The first-order valence-corrected chi connectivity index (χ1v) is 6.16. The van der Waals surface area contributed by atoms with E-state index in [9.17, 15) is 13.6 Å². The fourth-order valence-electron chi connectivity index (χ4n) is 1.70. The number of hydrogen-bond donors (Lipinski definition) is 0. The Morgan fingerprint density at radius 1 is 1.16 bits per heavy atom. The molecule has 2 aromatic rings. The second kappa shape index (κ2) is 5.48. The smallest absolute Gasteiger partial charge is 0.202 e. The zero-order valence-electron chi connectivity index (χ0n) is 9.91. The summed E-state index contributed by atoms with van der Waals surface area (Å²) in [5, 5.41) is 0. The van der Waals surface area contributed by atoms with Crippen LogP contribution in [0.25, 0.3) is 0 Å². The molecule has 2 rings (SSSR count). The Balaban J connectivity index is 2.60. The number of para-hydroxylation sites is 1. The lowest BCUT2D eigenvalue weighted by atomic mass is 10.0. The number of hydrogen-bond acceptors (Lipinski definition) is 2. The van der Waals surface area contributed by atoms with Crippen molar-refractivity contribution in [2.45, 2.75) is 0 Å². The minimum atomic E-state index is -0.920. The van der Waals surface area contributed by atoms with Gasteiger partial charge in [0.05, 0.1) is 22.7 Å². The average Bonchev–Trinajstić information content (AvgIpc) is 2.43. The van der Waals surface area contributed by atoms with E-state index in [1.807, 2.05) is 0 Å². The number of carbonyl (C=O) groups is 1. The van der Waals surface area contributed by atoms with E-state index in [1.54, 1.807) is 18.2 Å². The van der Waals surface area contributed by atoms with Gasteiger partial charge < -0.3 is 4.74 Å². The quantitative estimate of drug-likeness (QED) is 0.630. The zero-order chi connectivity index (χ0) is 14.0. The molecule has 0 fully saturated rings. The maximum Gasteiger partial charge on any atom is 0.202 e. The summed E-state index contributed by atoms with van der Waals surface area (Å²) < 4.78 is 32.6. The summed E-state index contributed by atoms with van der Waals surface area (Å²) in [5.41, 5.74) is -0.486. The maximum absolute atomic E-state index is 13.9. The molecule has 0 bridgehead atoms. The maximum atomic E-state index is 13.9. The predicted molar refractivity (Wildman–Crippen MR) is 70.5 cm³/mol. The molecule has 0 radical (unpaired) electrons. The second-order valence-corrected chi connectivity index (χ2v) is 4.60. The van der Waals surface area contributed by atoms with Crippen LogP contribution >= 0.6 is 15.9 Å². The van der Waals surface area contributed by atoms with Crippen molar-refractivity contribution in [3.8, 4) is 5.75 Å². The number of benzene rings is 2. The van der Waals surface area contributed by atoms with Crippen molar-refractivity contribution in [3.05, 3.63) is 63.6 Å². The third-order valence-electron chi connectivity index (χ3n) is 2.62. The van der Waals surface area contributed by atoms with Gasteiger partial charge in [0.25, 0.3) is 0 Å². The number of halogens is 3. The van der Waals surface area contributed by atoms with Crippen LogP contribution in [0.1, 0.15) is 15.9 Å². The van der Waals surface area contributed by atoms with Crippen molar-refractivity contribution in [3.63, 3.8) is 0 Å². The Morgan fingerprint density at radius 3 is 2.53 bits per heavy atom. The summed E-state index contributed by atoms with van der Waals surface area (Å²) in [5.74, 6) is -2.31. The summed E-state index contributed by atoms with van der Waals surface area (Å²) in [4.78, 5) is 12.2. The minimum absolute atomic E-state index is 0.0344. The third-order valence-corrected chi connectivity index (χ3v) is 3.24. The third kappa shape index (κ3) is 2.51. The van der Waals surface area contributed by atoms with E-state index in [4.69, 9.17) is 4.74 Å². The Bertz CT molecular complexity index is 641. The van der Waals surface area contributed by atoms with Gasteiger partial charge in [0.1, 0.15) is 11.6 Å². The highest BCUT2D eigenvalue weighted by Gasteiger charge is 2.23. The van der Waals surface area contributed by atoms with Crippen LogP contribution in [0.2, 0.25) is 0 Å². The normalized spacial score (nSPS) is 10.3. The molecule has 0 aliphatic heterocycles. The molecule has 5 heteroatoms. The summed E-state index contributed by atoms with van der Waals surface area (Å²) in [6.07, 6.45) is 0. The molecule has 2 aromatic carbocycles. The Hall–Kier alpha value is -1.75. The van der Waals surface area contributed by atoms with Crippen LogP contribution in [0, 0.1) is 11.6 Å². The molecule has 2 nitrogen and oxygen atoms in total. The molecule has 0 atom stereocenters. The Labute approximate surface area is 117 Å². The minimum Gasteiger partial charge on any atom is -0.496 e. The van der Waals surface area contributed by atoms with Gasteiger partial charge in [0.15, 0.2) is 5.82 Å². The molecule has 0 saturated heterocycles. The summed E-state index contributed by atoms with van der Waals surface area (Å²) in [6, 6.07) is 8.54. The molecule has 0 N–H and O–H groups in total. The van der Waals surface area contributed by atoms with Gasteiger partial charge in [-0.1, -0.05) is 12.1 Å². The van der Waals surface area contributed by atoms with Crippen LogP contribution in [0.3, 0.4) is 0 Å². The lowest BCUT2D eigenvalue weighted by Gasteiger charge is -2.09. The largest absolute Gasteiger partial charge is 0.496 e. The van der Waals surface area contributed by atoms with Crippen molar-refractivity contribution < 1.29 is 18.3 Å². The van der Waals surface area contributed by atoms with E-state index in [0.717, 1.165) is 6.07 Å². The number of ether oxygens (including phenoxy) is 1. The molecule has 0 spiro atoms. The lowest BCUT2D eigenvalue weighted by Crippen LogP contribution is -2.09. The van der Waals surface area contributed by atoms with Gasteiger partial charge >= 0.3 is 0 Å². The van der Waals surface area contributed by atoms with Gasteiger partial charge in [-0.15, -0.1) is 0 Å². The first kappa shape index (κ1) is 13.7. The molecule has 0 amide bonds. The predicted octanol–water partition coefficient (Wildman–Crippen LogP) is 3.97. The number of methoxy groups -OCH3 is 1. The van der Waals surface area contributed by atoms with Gasteiger partial charge in [-0.3, -0.25) is 4.79 Å². The van der Waals surface area contributed by atoms with E-state index >= 15 is 0 Å². The fourth-order valence-corrected chi connectivity index (χ4v) is 2.03. The second-order valence-electron chi connectivity index (χ2n) is 3.75. The molecular weight excluding hydrogens is 318 g/mol. The molecule has 0 aliphatic carbocycles. The van der Waals surface area contributed by atoms with Crippen molar-refractivity contribution in [2.75, 3.05) is 7.11 Å². The van der Waals surface area contributed by atoms with Crippen molar-refractivity contribution >= 4 is 21.7 Å². The zero-order valence-corrected chi connectivity index (χ0v) is 11.5. The molecule has 0 unspecified atom stereocenters. The number of ketones is 1. The monoisotopic (exact) mass is 326 g/mol. The molecule has 0 heterocycles.